The fraction of sp³-hybridized carbons (Fsp3) is 0.438. The SMILES string of the molecule is CC(C)CN(CC(O)C(Cc1ccccc1)NC(=O)O)S(=O)(=O)c1ccc2[nH]c(O)c(C=NCCC3=CCCCC3)c2c1. The summed E-state index contributed by atoms with van der Waals surface area (Å²) in [6.07, 6.45) is 6.91. The van der Waals surface area contributed by atoms with Crippen LogP contribution in [0.5, 0.6) is 5.88 Å². The van der Waals surface area contributed by atoms with Crippen LogP contribution in [0.15, 0.2) is 70.1 Å². The van der Waals surface area contributed by atoms with E-state index in [0.29, 0.717) is 23.0 Å². The number of aromatic nitrogens is 1. The van der Waals surface area contributed by atoms with Crippen LogP contribution in [0.25, 0.3) is 10.9 Å². The van der Waals surface area contributed by atoms with Crippen LogP contribution in [-0.4, -0.2) is 77.1 Å². The zero-order valence-corrected chi connectivity index (χ0v) is 25.6. The molecule has 1 aromatic heterocycles. The van der Waals surface area contributed by atoms with Gasteiger partial charge in [0.15, 0.2) is 5.88 Å². The van der Waals surface area contributed by atoms with Crippen LogP contribution < -0.4 is 5.32 Å². The van der Waals surface area contributed by atoms with Crippen molar-refractivity contribution in [2.75, 3.05) is 19.6 Å². The van der Waals surface area contributed by atoms with Gasteiger partial charge < -0.3 is 25.6 Å². The van der Waals surface area contributed by atoms with Crippen LogP contribution in [0, 0.1) is 5.92 Å². The van der Waals surface area contributed by atoms with E-state index in [2.05, 4.69) is 21.4 Å². The first-order chi connectivity index (χ1) is 20.5. The summed E-state index contributed by atoms with van der Waals surface area (Å²) in [5.41, 5.74) is 3.18. The summed E-state index contributed by atoms with van der Waals surface area (Å²) in [5.74, 6) is -0.160. The van der Waals surface area contributed by atoms with Crippen molar-refractivity contribution in [3.05, 3.63) is 71.3 Å². The molecule has 10 nitrogen and oxygen atoms in total. The molecule has 2 unspecified atom stereocenters. The minimum Gasteiger partial charge on any atom is -0.494 e. The van der Waals surface area contributed by atoms with Crippen molar-refractivity contribution in [3.63, 3.8) is 0 Å². The van der Waals surface area contributed by atoms with Crippen molar-refractivity contribution in [1.82, 2.24) is 14.6 Å². The molecule has 5 N–H and O–H groups in total. The summed E-state index contributed by atoms with van der Waals surface area (Å²) in [7, 11) is -4.11. The highest BCUT2D eigenvalue weighted by Gasteiger charge is 2.32. The van der Waals surface area contributed by atoms with E-state index < -0.39 is 28.3 Å². The molecule has 0 radical (unpaired) electrons. The van der Waals surface area contributed by atoms with Crippen LogP contribution >= 0.6 is 0 Å². The van der Waals surface area contributed by atoms with Crippen molar-refractivity contribution in [2.24, 2.45) is 10.9 Å². The summed E-state index contributed by atoms with van der Waals surface area (Å²) in [6.45, 7) is 4.13. The Morgan fingerprint density at radius 3 is 2.58 bits per heavy atom. The number of sulfonamides is 1. The van der Waals surface area contributed by atoms with E-state index in [1.165, 1.54) is 34.9 Å². The van der Waals surface area contributed by atoms with Gasteiger partial charge in [-0.15, -0.1) is 0 Å². The number of aromatic amines is 1. The van der Waals surface area contributed by atoms with E-state index in [0.717, 1.165) is 24.8 Å². The number of allylic oxidation sites excluding steroid dienone is 1. The van der Waals surface area contributed by atoms with Crippen molar-refractivity contribution in [2.45, 2.75) is 69.4 Å². The van der Waals surface area contributed by atoms with Gasteiger partial charge in [-0.1, -0.05) is 55.8 Å². The summed E-state index contributed by atoms with van der Waals surface area (Å²) in [6, 6.07) is 12.7. The molecule has 0 fully saturated rings. The molecule has 2 aromatic carbocycles. The molecule has 3 aromatic rings. The molecule has 1 aliphatic carbocycles. The molecule has 1 aliphatic rings. The van der Waals surface area contributed by atoms with Crippen molar-refractivity contribution < 1.29 is 28.5 Å². The third-order valence-electron chi connectivity index (χ3n) is 7.63. The van der Waals surface area contributed by atoms with Crippen LogP contribution in [0.2, 0.25) is 0 Å². The van der Waals surface area contributed by atoms with Gasteiger partial charge in [0.05, 0.1) is 22.6 Å². The Labute approximate surface area is 253 Å². The average molecular weight is 611 g/mol. The number of hydrogen-bond donors (Lipinski definition) is 5. The average Bonchev–Trinajstić information content (AvgIpc) is 3.29. The Morgan fingerprint density at radius 2 is 1.91 bits per heavy atom. The summed E-state index contributed by atoms with van der Waals surface area (Å²) in [5, 5.41) is 34.0. The second-order valence-corrected chi connectivity index (χ2v) is 13.5. The highest BCUT2D eigenvalue weighted by atomic mass is 32.2. The monoisotopic (exact) mass is 610 g/mol. The third-order valence-corrected chi connectivity index (χ3v) is 9.45. The number of fused-ring (bicyclic) bond motifs is 1. The van der Waals surface area contributed by atoms with Crippen molar-refractivity contribution in [1.29, 1.82) is 0 Å². The number of carbonyl (C=O) groups is 1. The smallest absolute Gasteiger partial charge is 0.404 e. The number of aliphatic imine (C=N–C) groups is 1. The number of rotatable bonds is 14. The van der Waals surface area contributed by atoms with Crippen molar-refractivity contribution >= 4 is 33.2 Å². The molecular formula is C32H42N4O6S. The van der Waals surface area contributed by atoms with E-state index in [1.54, 1.807) is 12.3 Å². The third kappa shape index (κ3) is 8.68. The Morgan fingerprint density at radius 1 is 1.14 bits per heavy atom. The van der Waals surface area contributed by atoms with Gasteiger partial charge in [-0.2, -0.15) is 4.31 Å². The van der Waals surface area contributed by atoms with Gasteiger partial charge in [0.2, 0.25) is 10.0 Å². The highest BCUT2D eigenvalue weighted by Crippen LogP contribution is 2.30. The molecule has 4 rings (SSSR count). The van der Waals surface area contributed by atoms with E-state index in [4.69, 9.17) is 0 Å². The summed E-state index contributed by atoms with van der Waals surface area (Å²) < 4.78 is 29.1. The number of benzene rings is 2. The fourth-order valence-corrected chi connectivity index (χ4v) is 7.09. The van der Waals surface area contributed by atoms with E-state index in [1.807, 2.05) is 44.2 Å². The lowest BCUT2D eigenvalue weighted by molar-refractivity contribution is 0.0980. The second-order valence-electron chi connectivity index (χ2n) is 11.5. The van der Waals surface area contributed by atoms with Gasteiger partial charge in [0.25, 0.3) is 0 Å². The number of H-pyrrole nitrogens is 1. The predicted octanol–water partition coefficient (Wildman–Crippen LogP) is 5.07. The minimum absolute atomic E-state index is 0.000311. The Kier molecular flexibility index (Phi) is 11.0. The zero-order valence-electron chi connectivity index (χ0n) is 24.7. The predicted molar refractivity (Wildman–Crippen MR) is 168 cm³/mol. The largest absolute Gasteiger partial charge is 0.494 e. The summed E-state index contributed by atoms with van der Waals surface area (Å²) >= 11 is 0. The zero-order chi connectivity index (χ0) is 31.0. The fourth-order valence-electron chi connectivity index (χ4n) is 5.44. The van der Waals surface area contributed by atoms with Crippen LogP contribution in [0.1, 0.15) is 57.1 Å². The lowest BCUT2D eigenvalue weighted by Crippen LogP contribution is -2.50. The number of hydrogen-bond acceptors (Lipinski definition) is 6. The van der Waals surface area contributed by atoms with Crippen LogP contribution in [0.4, 0.5) is 4.79 Å². The maximum Gasteiger partial charge on any atom is 0.404 e. The molecule has 43 heavy (non-hydrogen) atoms. The molecule has 0 bridgehead atoms. The van der Waals surface area contributed by atoms with Gasteiger partial charge in [-0.3, -0.25) is 4.99 Å². The molecule has 0 saturated heterocycles. The first-order valence-electron chi connectivity index (χ1n) is 14.8. The van der Waals surface area contributed by atoms with E-state index >= 15 is 0 Å². The molecule has 0 aliphatic heterocycles. The molecule has 0 spiro atoms. The topological polar surface area (TPSA) is 155 Å². The van der Waals surface area contributed by atoms with Crippen LogP contribution in [-0.2, 0) is 16.4 Å². The highest BCUT2D eigenvalue weighted by molar-refractivity contribution is 7.89. The maximum atomic E-state index is 14.0. The number of aliphatic hydroxyl groups excluding tert-OH is 1. The maximum absolute atomic E-state index is 14.0. The number of nitrogens with zero attached hydrogens (tertiary/aromatic N) is 2. The standard InChI is InChI=1S/C32H42N4O6S/c1-22(2)20-36(21-30(37)29(35-32(39)40)17-24-11-7-4-8-12-24)43(41,42)25-13-14-28-26(18-25)27(31(38)34-28)19-33-16-15-23-9-5-3-6-10-23/h4,7-9,11-14,18-19,22,29-30,34-35,37-38H,3,5-6,10,15-17,20-21H2,1-2H3,(H,39,40). The van der Waals surface area contributed by atoms with E-state index in [9.17, 15) is 28.5 Å². The summed E-state index contributed by atoms with van der Waals surface area (Å²) in [4.78, 5) is 18.9. The molecule has 1 amide bonds. The lowest BCUT2D eigenvalue weighted by Gasteiger charge is -2.30. The first-order valence-corrected chi connectivity index (χ1v) is 16.2. The van der Waals surface area contributed by atoms with Gasteiger partial charge >= 0.3 is 6.09 Å². The van der Waals surface area contributed by atoms with E-state index in [-0.39, 0.29) is 36.2 Å². The van der Waals surface area contributed by atoms with Gasteiger partial charge in [-0.05, 0) is 68.2 Å². The number of nitrogens with one attached hydrogen (secondary N) is 2. The molecule has 1 heterocycles. The quantitative estimate of drug-likeness (QED) is 0.127. The Bertz CT molecular complexity index is 1550. The molecular weight excluding hydrogens is 568 g/mol. The molecule has 0 saturated carbocycles. The molecule has 232 valence electrons. The minimum atomic E-state index is -4.11. The Balaban J connectivity index is 1.58. The second kappa shape index (κ2) is 14.7. The van der Waals surface area contributed by atoms with Gasteiger partial charge in [0.1, 0.15) is 0 Å². The number of aliphatic hydroxyl groups is 1. The first kappa shape index (κ1) is 32.2. The van der Waals surface area contributed by atoms with Crippen molar-refractivity contribution in [3.8, 4) is 5.88 Å². The number of amides is 1. The lowest BCUT2D eigenvalue weighted by atomic mass is 9.97. The van der Waals surface area contributed by atoms with Crippen LogP contribution in [0.3, 0.4) is 0 Å². The van der Waals surface area contributed by atoms with Gasteiger partial charge in [-0.25, -0.2) is 13.2 Å². The normalized spacial score (nSPS) is 15.7. The van der Waals surface area contributed by atoms with Gasteiger partial charge in [0, 0.05) is 36.8 Å². The number of carboxylic acid groups (broad SMARTS) is 1. The molecule has 11 heteroatoms. The molecule has 2 atom stereocenters. The Hall–Kier alpha value is -3.67. The number of aromatic hydroxyl groups is 1.